The molecule has 1 heterocycles. The summed E-state index contributed by atoms with van der Waals surface area (Å²) in [6.07, 6.45) is 0. The Morgan fingerprint density at radius 2 is 1.68 bits per heavy atom. The number of halogens is 1. The molecule has 0 bridgehead atoms. The number of nitrogens with zero attached hydrogens (tertiary/aromatic N) is 2. The van der Waals surface area contributed by atoms with Crippen LogP contribution in [0.5, 0.6) is 11.5 Å². The van der Waals surface area contributed by atoms with Crippen LogP contribution in [-0.4, -0.2) is 54.1 Å². The predicted octanol–water partition coefficient (Wildman–Crippen LogP) is 4.63. The van der Waals surface area contributed by atoms with E-state index in [9.17, 15) is 0 Å². The normalized spacial score (nSPS) is 14.8. The fraction of sp³-hybridized carbons (Fsp3) is 0.409. The molecule has 1 aliphatic heterocycles. The Kier molecular flexibility index (Phi) is 7.54. The lowest BCUT2D eigenvalue weighted by atomic mass is 10.1. The summed E-state index contributed by atoms with van der Waals surface area (Å²) in [5.74, 6) is 1.45. The zero-order valence-corrected chi connectivity index (χ0v) is 18.1. The molecule has 2 aromatic rings. The summed E-state index contributed by atoms with van der Waals surface area (Å²) < 4.78 is 11.8. The van der Waals surface area contributed by atoms with Crippen molar-refractivity contribution < 1.29 is 9.47 Å². The maximum atomic E-state index is 5.99. The van der Waals surface area contributed by atoms with Crippen LogP contribution in [0, 0.1) is 0 Å². The van der Waals surface area contributed by atoms with Crippen LogP contribution in [-0.2, 0) is 6.61 Å². The van der Waals surface area contributed by atoms with E-state index in [0.717, 1.165) is 65.4 Å². The van der Waals surface area contributed by atoms with Crippen LogP contribution in [0.1, 0.15) is 25.0 Å². The quantitative estimate of drug-likeness (QED) is 0.610. The molecular weight excluding hydrogens is 392 g/mol. The van der Waals surface area contributed by atoms with Crippen LogP contribution in [0.2, 0.25) is 5.02 Å². The lowest BCUT2D eigenvalue weighted by molar-refractivity contribution is 0.192. The van der Waals surface area contributed by atoms with Crippen molar-refractivity contribution in [1.29, 1.82) is 0 Å². The molecule has 0 saturated carbocycles. The van der Waals surface area contributed by atoms with Crippen LogP contribution in [0.4, 0.5) is 0 Å². The van der Waals surface area contributed by atoms with E-state index >= 15 is 0 Å². The molecule has 0 N–H and O–H groups in total. The van der Waals surface area contributed by atoms with Crippen molar-refractivity contribution in [3.8, 4) is 11.5 Å². The van der Waals surface area contributed by atoms with Gasteiger partial charge in [-0.2, -0.15) is 0 Å². The van der Waals surface area contributed by atoms with Crippen molar-refractivity contribution in [2.75, 3.05) is 39.3 Å². The van der Waals surface area contributed by atoms with E-state index in [-0.39, 0.29) is 0 Å². The first-order valence-electron chi connectivity index (χ1n) is 9.76. The van der Waals surface area contributed by atoms with Crippen LogP contribution in [0.15, 0.2) is 42.5 Å². The van der Waals surface area contributed by atoms with Gasteiger partial charge in [0, 0.05) is 36.8 Å². The van der Waals surface area contributed by atoms with Crippen LogP contribution >= 0.6 is 23.8 Å². The number of hydrogen-bond acceptors (Lipinski definition) is 4. The maximum Gasteiger partial charge on any atom is 0.161 e. The van der Waals surface area contributed by atoms with Gasteiger partial charge >= 0.3 is 0 Å². The summed E-state index contributed by atoms with van der Waals surface area (Å²) in [6.45, 7) is 10.3. The maximum absolute atomic E-state index is 5.99. The van der Waals surface area contributed by atoms with Gasteiger partial charge in [0.2, 0.25) is 0 Å². The minimum absolute atomic E-state index is 0.458. The molecule has 1 aliphatic rings. The second-order valence-corrected chi connectivity index (χ2v) is 7.56. The fourth-order valence-electron chi connectivity index (χ4n) is 3.22. The largest absolute Gasteiger partial charge is 0.490 e. The van der Waals surface area contributed by atoms with E-state index in [1.54, 1.807) is 0 Å². The van der Waals surface area contributed by atoms with E-state index in [2.05, 4.69) is 16.7 Å². The Bertz CT molecular complexity index is 790. The minimum Gasteiger partial charge on any atom is -0.490 e. The van der Waals surface area contributed by atoms with Gasteiger partial charge in [0.05, 0.1) is 6.61 Å². The summed E-state index contributed by atoms with van der Waals surface area (Å²) in [7, 11) is 0. The second-order valence-electron chi connectivity index (χ2n) is 6.74. The number of ether oxygens (including phenoxy) is 2. The van der Waals surface area contributed by atoms with Crippen molar-refractivity contribution >= 4 is 28.8 Å². The Morgan fingerprint density at radius 3 is 2.32 bits per heavy atom. The molecule has 0 spiro atoms. The van der Waals surface area contributed by atoms with Crippen molar-refractivity contribution in [2.45, 2.75) is 20.5 Å². The number of benzene rings is 2. The smallest absolute Gasteiger partial charge is 0.161 e. The topological polar surface area (TPSA) is 24.9 Å². The highest BCUT2D eigenvalue weighted by molar-refractivity contribution is 7.80. The van der Waals surface area contributed by atoms with E-state index < -0.39 is 0 Å². The summed E-state index contributed by atoms with van der Waals surface area (Å²) in [5, 5.41) is 0.719. The zero-order valence-electron chi connectivity index (χ0n) is 16.5. The van der Waals surface area contributed by atoms with Gasteiger partial charge in [-0.15, -0.1) is 0 Å². The highest BCUT2D eigenvalue weighted by atomic mass is 35.5. The third-order valence-corrected chi connectivity index (χ3v) is 5.65. The number of likely N-dealkylation sites (N-methyl/N-ethyl adjacent to an activating group) is 1. The van der Waals surface area contributed by atoms with Crippen LogP contribution in [0.25, 0.3) is 0 Å². The van der Waals surface area contributed by atoms with Crippen LogP contribution < -0.4 is 9.47 Å². The average molecular weight is 419 g/mol. The molecule has 4 nitrogen and oxygen atoms in total. The summed E-state index contributed by atoms with van der Waals surface area (Å²) in [5.41, 5.74) is 2.06. The number of rotatable bonds is 7. The highest BCUT2D eigenvalue weighted by Gasteiger charge is 2.20. The molecule has 0 amide bonds. The van der Waals surface area contributed by atoms with Crippen LogP contribution in [0.3, 0.4) is 0 Å². The number of piperazine rings is 1. The van der Waals surface area contributed by atoms with E-state index in [4.69, 9.17) is 33.3 Å². The third kappa shape index (κ3) is 5.37. The lowest BCUT2D eigenvalue weighted by Crippen LogP contribution is -2.48. The molecular formula is C22H27ClN2O2S. The Balaban J connectivity index is 1.69. The molecule has 0 aliphatic carbocycles. The molecule has 6 heteroatoms. The molecule has 150 valence electrons. The Morgan fingerprint density at radius 1 is 0.964 bits per heavy atom. The molecule has 0 radical (unpaired) electrons. The lowest BCUT2D eigenvalue weighted by Gasteiger charge is -2.35. The first kappa shape index (κ1) is 20.9. The fourth-order valence-corrected chi connectivity index (χ4v) is 3.66. The van der Waals surface area contributed by atoms with Gasteiger partial charge < -0.3 is 19.3 Å². The van der Waals surface area contributed by atoms with Crippen molar-refractivity contribution in [3.63, 3.8) is 0 Å². The molecule has 1 saturated heterocycles. The van der Waals surface area contributed by atoms with Gasteiger partial charge in [0.1, 0.15) is 11.6 Å². The summed E-state index contributed by atoms with van der Waals surface area (Å²) in [4.78, 5) is 5.60. The Labute approximate surface area is 178 Å². The molecule has 3 rings (SSSR count). The Hall–Kier alpha value is -1.82. The third-order valence-electron chi connectivity index (χ3n) is 4.90. The molecule has 0 aromatic heterocycles. The minimum atomic E-state index is 0.458. The van der Waals surface area contributed by atoms with Gasteiger partial charge in [-0.25, -0.2) is 0 Å². The average Bonchev–Trinajstić information content (AvgIpc) is 2.73. The molecule has 2 aromatic carbocycles. The SMILES string of the molecule is CCOc1cc(C(=S)N2CCN(CC)CC2)ccc1OCc1ccc(Cl)cc1. The first-order chi connectivity index (χ1) is 13.6. The highest BCUT2D eigenvalue weighted by Crippen LogP contribution is 2.30. The van der Waals surface area contributed by atoms with Crippen molar-refractivity contribution in [3.05, 3.63) is 58.6 Å². The molecule has 28 heavy (non-hydrogen) atoms. The number of hydrogen-bond donors (Lipinski definition) is 0. The second kappa shape index (κ2) is 10.1. The molecule has 0 atom stereocenters. The molecule has 1 fully saturated rings. The van der Waals surface area contributed by atoms with Gasteiger partial charge in [0.15, 0.2) is 11.5 Å². The summed E-state index contributed by atoms with van der Waals surface area (Å²) >= 11 is 11.7. The summed E-state index contributed by atoms with van der Waals surface area (Å²) in [6, 6.07) is 13.6. The van der Waals surface area contributed by atoms with E-state index in [0.29, 0.717) is 13.2 Å². The van der Waals surface area contributed by atoms with Gasteiger partial charge in [-0.05, 0) is 49.4 Å². The predicted molar refractivity (Wildman–Crippen MR) is 119 cm³/mol. The number of thiocarbonyl (C=S) groups is 1. The van der Waals surface area contributed by atoms with Crippen molar-refractivity contribution in [1.82, 2.24) is 9.80 Å². The first-order valence-corrected chi connectivity index (χ1v) is 10.5. The molecule has 0 unspecified atom stereocenters. The standard InChI is InChI=1S/C22H27ClN2O2S/c1-3-24-11-13-25(14-12-24)22(28)18-7-10-20(21(15-18)26-4-2)27-16-17-5-8-19(23)9-6-17/h5-10,15H,3-4,11-14,16H2,1-2H3. The van der Waals surface area contributed by atoms with Gasteiger partial charge in [-0.1, -0.05) is 42.9 Å². The van der Waals surface area contributed by atoms with E-state index in [1.807, 2.05) is 49.4 Å². The van der Waals surface area contributed by atoms with E-state index in [1.165, 1.54) is 0 Å². The van der Waals surface area contributed by atoms with Gasteiger partial charge in [0.25, 0.3) is 0 Å². The van der Waals surface area contributed by atoms with Crippen molar-refractivity contribution in [2.24, 2.45) is 0 Å². The monoisotopic (exact) mass is 418 g/mol. The zero-order chi connectivity index (χ0) is 19.9. The van der Waals surface area contributed by atoms with Gasteiger partial charge in [-0.3, -0.25) is 0 Å².